The lowest BCUT2D eigenvalue weighted by atomic mass is 10.2. The van der Waals surface area contributed by atoms with Crippen LogP contribution in [0.5, 0.6) is 0 Å². The number of Topliss-reactive ketones (excluding diaryl/α,β-unsaturated/α-hetero) is 1. The summed E-state index contributed by atoms with van der Waals surface area (Å²) < 4.78 is 7.34. The van der Waals surface area contributed by atoms with Gasteiger partial charge in [-0.3, -0.25) is 4.79 Å². The van der Waals surface area contributed by atoms with Crippen LogP contribution in [0, 0.1) is 27.7 Å². The smallest absolute Gasteiger partial charge is 0.174 e. The summed E-state index contributed by atoms with van der Waals surface area (Å²) in [5, 5.41) is 1.98. The van der Waals surface area contributed by atoms with Gasteiger partial charge >= 0.3 is 0 Å². The van der Waals surface area contributed by atoms with E-state index in [0.717, 1.165) is 51.8 Å². The highest BCUT2D eigenvalue weighted by molar-refractivity contribution is 8.00. The van der Waals surface area contributed by atoms with Crippen molar-refractivity contribution in [3.8, 4) is 0 Å². The molecule has 0 atom stereocenters. The lowest BCUT2D eigenvalue weighted by molar-refractivity contribution is 0.102. The molecule has 0 aliphatic heterocycles. The van der Waals surface area contributed by atoms with Gasteiger partial charge in [0, 0.05) is 47.5 Å². The van der Waals surface area contributed by atoms with Crippen LogP contribution in [0.4, 0.5) is 0 Å². The number of nitrogens with zero attached hydrogens (tertiary/aromatic N) is 3. The highest BCUT2D eigenvalue weighted by Gasteiger charge is 2.18. The van der Waals surface area contributed by atoms with Crippen LogP contribution in [0.25, 0.3) is 10.2 Å². The molecule has 0 spiro atoms. The van der Waals surface area contributed by atoms with Gasteiger partial charge in [0.2, 0.25) is 0 Å². The molecule has 3 heterocycles. The topological polar surface area (TPSA) is 57.0 Å². The van der Waals surface area contributed by atoms with E-state index in [0.29, 0.717) is 5.75 Å². The summed E-state index contributed by atoms with van der Waals surface area (Å²) in [5.41, 5.74) is 4.16. The Morgan fingerprint density at radius 3 is 2.78 bits per heavy atom. The van der Waals surface area contributed by atoms with Crippen LogP contribution < -0.4 is 0 Å². The number of ketones is 1. The molecule has 3 aromatic heterocycles. The Labute approximate surface area is 168 Å². The molecule has 0 aromatic carbocycles. The lowest BCUT2D eigenvalue weighted by Crippen LogP contribution is -2.08. The average molecular weight is 404 g/mol. The third-order valence-electron chi connectivity index (χ3n) is 4.87. The van der Waals surface area contributed by atoms with Gasteiger partial charge in [0.15, 0.2) is 5.78 Å². The molecule has 0 N–H and O–H groups in total. The maximum Gasteiger partial charge on any atom is 0.174 e. The van der Waals surface area contributed by atoms with Crippen molar-refractivity contribution in [1.29, 1.82) is 0 Å². The Morgan fingerprint density at radius 1 is 1.26 bits per heavy atom. The maximum atomic E-state index is 12.9. The van der Waals surface area contributed by atoms with E-state index in [1.165, 1.54) is 22.2 Å². The molecule has 0 saturated carbocycles. The zero-order chi connectivity index (χ0) is 19.6. The third-order valence-corrected chi connectivity index (χ3v) is 6.98. The first-order valence-electron chi connectivity index (χ1n) is 8.96. The summed E-state index contributed by atoms with van der Waals surface area (Å²) in [6.45, 7) is 9.85. The number of rotatable bonds is 8. The number of hydrogen-bond donors (Lipinski definition) is 0. The zero-order valence-electron chi connectivity index (χ0n) is 16.5. The van der Waals surface area contributed by atoms with E-state index in [-0.39, 0.29) is 5.78 Å². The largest absolute Gasteiger partial charge is 0.385 e. The van der Waals surface area contributed by atoms with Crippen LogP contribution in [0.1, 0.15) is 38.6 Å². The molecule has 0 unspecified atom stereocenters. The van der Waals surface area contributed by atoms with Crippen molar-refractivity contribution in [2.75, 3.05) is 19.5 Å². The maximum absolute atomic E-state index is 12.9. The Balaban J connectivity index is 1.76. The first kappa shape index (κ1) is 20.0. The fraction of sp³-hybridized carbons (Fsp3) is 0.450. The number of hydrogen-bond acceptors (Lipinski definition) is 6. The molecule has 7 heteroatoms. The molecule has 5 nitrogen and oxygen atoms in total. The van der Waals surface area contributed by atoms with Crippen molar-refractivity contribution < 1.29 is 9.53 Å². The molecule has 0 saturated heterocycles. The molecular weight excluding hydrogens is 378 g/mol. The first-order valence-corrected chi connectivity index (χ1v) is 10.8. The summed E-state index contributed by atoms with van der Waals surface area (Å²) in [6.07, 6.45) is 2.52. The third kappa shape index (κ3) is 4.10. The van der Waals surface area contributed by atoms with Gasteiger partial charge in [0.05, 0.1) is 5.75 Å². The van der Waals surface area contributed by atoms with Gasteiger partial charge in [0.25, 0.3) is 0 Å². The number of ether oxygens (including phenoxy) is 1. The molecule has 3 aromatic rings. The van der Waals surface area contributed by atoms with Gasteiger partial charge in [-0.05, 0) is 45.7 Å². The zero-order valence-corrected chi connectivity index (χ0v) is 18.1. The van der Waals surface area contributed by atoms with Gasteiger partial charge in [-0.2, -0.15) is 0 Å². The van der Waals surface area contributed by atoms with Crippen molar-refractivity contribution in [3.63, 3.8) is 0 Å². The van der Waals surface area contributed by atoms with Crippen LogP contribution in [0.15, 0.2) is 17.4 Å². The van der Waals surface area contributed by atoms with E-state index in [4.69, 9.17) is 4.74 Å². The number of aromatic nitrogens is 3. The SMILES string of the molecule is COCCCn1c(C)cc(C(=O)CSc2ncnc3sc(C)c(C)c23)c1C. The average Bonchev–Trinajstić information content (AvgIpc) is 3.10. The van der Waals surface area contributed by atoms with Crippen molar-refractivity contribution >= 4 is 39.1 Å². The molecule has 144 valence electrons. The monoisotopic (exact) mass is 403 g/mol. The minimum atomic E-state index is 0.141. The van der Waals surface area contributed by atoms with E-state index >= 15 is 0 Å². The number of aryl methyl sites for hydroxylation is 3. The van der Waals surface area contributed by atoms with Crippen LogP contribution in [0.3, 0.4) is 0 Å². The summed E-state index contributed by atoms with van der Waals surface area (Å²) in [6, 6.07) is 2.00. The summed E-state index contributed by atoms with van der Waals surface area (Å²) in [4.78, 5) is 23.9. The van der Waals surface area contributed by atoms with Crippen molar-refractivity contribution in [3.05, 3.63) is 39.8 Å². The Morgan fingerprint density at radius 2 is 2.04 bits per heavy atom. The second kappa shape index (κ2) is 8.54. The molecule has 3 rings (SSSR count). The van der Waals surface area contributed by atoms with Crippen LogP contribution in [-0.2, 0) is 11.3 Å². The van der Waals surface area contributed by atoms with Crippen LogP contribution in [-0.4, -0.2) is 39.8 Å². The number of thiophene rings is 1. The van der Waals surface area contributed by atoms with E-state index in [1.807, 2.05) is 13.0 Å². The van der Waals surface area contributed by atoms with E-state index in [9.17, 15) is 4.79 Å². The number of thioether (sulfide) groups is 1. The van der Waals surface area contributed by atoms with E-state index in [2.05, 4.69) is 35.3 Å². The van der Waals surface area contributed by atoms with Gasteiger partial charge < -0.3 is 9.30 Å². The highest BCUT2D eigenvalue weighted by atomic mass is 32.2. The Bertz CT molecular complexity index is 975. The molecule has 0 radical (unpaired) electrons. The molecule has 0 aliphatic rings. The fourth-order valence-electron chi connectivity index (χ4n) is 3.27. The lowest BCUT2D eigenvalue weighted by Gasteiger charge is -2.09. The Hall–Kier alpha value is -1.70. The van der Waals surface area contributed by atoms with Crippen molar-refractivity contribution in [1.82, 2.24) is 14.5 Å². The second-order valence-electron chi connectivity index (χ2n) is 6.64. The second-order valence-corrected chi connectivity index (χ2v) is 8.80. The van der Waals surface area contributed by atoms with Gasteiger partial charge in [-0.15, -0.1) is 11.3 Å². The number of carbonyl (C=O) groups is 1. The predicted molar refractivity (Wildman–Crippen MR) is 112 cm³/mol. The number of carbonyl (C=O) groups excluding carboxylic acids is 1. The first-order chi connectivity index (χ1) is 12.9. The van der Waals surface area contributed by atoms with E-state index in [1.54, 1.807) is 24.8 Å². The molecule has 0 aliphatic carbocycles. The number of fused-ring (bicyclic) bond motifs is 1. The van der Waals surface area contributed by atoms with Gasteiger partial charge in [-0.1, -0.05) is 11.8 Å². The summed E-state index contributed by atoms with van der Waals surface area (Å²) in [5.74, 6) is 0.519. The Kier molecular flexibility index (Phi) is 6.34. The quantitative estimate of drug-likeness (QED) is 0.235. The van der Waals surface area contributed by atoms with Crippen LogP contribution >= 0.6 is 23.1 Å². The minimum absolute atomic E-state index is 0.141. The standard InChI is InChI=1S/C20H25N3O2S2/c1-12-9-16(14(3)23(12)7-6-8-25-5)17(24)10-26-19-18-13(2)15(4)27-20(18)22-11-21-19/h9,11H,6-8,10H2,1-5H3. The van der Waals surface area contributed by atoms with Gasteiger partial charge in [0.1, 0.15) is 16.2 Å². The molecule has 0 amide bonds. The highest BCUT2D eigenvalue weighted by Crippen LogP contribution is 2.34. The predicted octanol–water partition coefficient (Wildman–Crippen LogP) is 4.74. The normalized spacial score (nSPS) is 11.4. The van der Waals surface area contributed by atoms with Gasteiger partial charge in [-0.25, -0.2) is 9.97 Å². The summed E-state index contributed by atoms with van der Waals surface area (Å²) in [7, 11) is 1.71. The summed E-state index contributed by atoms with van der Waals surface area (Å²) >= 11 is 3.18. The minimum Gasteiger partial charge on any atom is -0.385 e. The van der Waals surface area contributed by atoms with Crippen molar-refractivity contribution in [2.24, 2.45) is 0 Å². The molecular formula is C20H25N3O2S2. The molecule has 0 bridgehead atoms. The number of methoxy groups -OCH3 is 1. The molecule has 0 fully saturated rings. The van der Waals surface area contributed by atoms with Crippen LogP contribution in [0.2, 0.25) is 0 Å². The molecule has 27 heavy (non-hydrogen) atoms. The van der Waals surface area contributed by atoms with E-state index < -0.39 is 0 Å². The fourth-order valence-corrected chi connectivity index (χ4v) is 5.27. The van der Waals surface area contributed by atoms with Crippen molar-refractivity contribution in [2.45, 2.75) is 45.7 Å².